The second-order valence-corrected chi connectivity index (χ2v) is 8.28. The Balaban J connectivity index is 1.64. The van der Waals surface area contributed by atoms with Crippen molar-refractivity contribution < 1.29 is 14.3 Å². The minimum absolute atomic E-state index is 0.227. The van der Waals surface area contributed by atoms with Crippen molar-refractivity contribution in [2.24, 2.45) is 0 Å². The minimum atomic E-state index is -0.227. The maximum atomic E-state index is 12.8. The molecule has 158 valence electrons. The number of rotatable bonds is 6. The smallest absolute Gasteiger partial charge is 0.257 e. The van der Waals surface area contributed by atoms with E-state index in [0.29, 0.717) is 41.2 Å². The zero-order valence-electron chi connectivity index (χ0n) is 16.8. The van der Waals surface area contributed by atoms with E-state index in [2.05, 4.69) is 20.5 Å². The van der Waals surface area contributed by atoms with Gasteiger partial charge in [-0.1, -0.05) is 22.9 Å². The van der Waals surface area contributed by atoms with Crippen LogP contribution in [0.3, 0.4) is 0 Å². The summed E-state index contributed by atoms with van der Waals surface area (Å²) >= 11 is 7.65. The number of hydrogen-bond acceptors (Lipinski definition) is 7. The Labute approximate surface area is 183 Å². The van der Waals surface area contributed by atoms with E-state index in [1.54, 1.807) is 25.3 Å². The molecule has 2 aromatic carbocycles. The van der Waals surface area contributed by atoms with Gasteiger partial charge in [-0.25, -0.2) is 4.98 Å². The standard InChI is InChI=1S/C21H23ClN4O3S/c1-23-12-14-11-13(3-4-15(14)22)20(27)25-21-24-18-17(28-2)6-5-16(19(18)30-21)26-7-9-29-10-8-26/h3-6,11,23H,7-10,12H2,1-2H3,(H,24,25,27). The molecule has 1 aliphatic heterocycles. The molecule has 0 atom stereocenters. The minimum Gasteiger partial charge on any atom is -0.494 e. The zero-order valence-corrected chi connectivity index (χ0v) is 18.4. The van der Waals surface area contributed by atoms with Crippen LogP contribution in [0.1, 0.15) is 15.9 Å². The van der Waals surface area contributed by atoms with Crippen molar-refractivity contribution in [2.75, 3.05) is 50.7 Å². The number of thiazole rings is 1. The van der Waals surface area contributed by atoms with Gasteiger partial charge in [-0.2, -0.15) is 0 Å². The van der Waals surface area contributed by atoms with Crippen molar-refractivity contribution in [3.05, 3.63) is 46.5 Å². The number of fused-ring (bicyclic) bond motifs is 1. The zero-order chi connectivity index (χ0) is 21.1. The Bertz CT molecular complexity index is 1070. The van der Waals surface area contributed by atoms with Crippen LogP contribution in [0.5, 0.6) is 5.75 Å². The predicted octanol–water partition coefficient (Wildman–Crippen LogP) is 3.77. The average molecular weight is 447 g/mol. The van der Waals surface area contributed by atoms with E-state index < -0.39 is 0 Å². The number of ether oxygens (including phenoxy) is 2. The average Bonchev–Trinajstić information content (AvgIpc) is 3.18. The summed E-state index contributed by atoms with van der Waals surface area (Å²) in [5, 5.41) is 7.13. The maximum absolute atomic E-state index is 12.8. The third-order valence-electron chi connectivity index (χ3n) is 4.95. The van der Waals surface area contributed by atoms with Gasteiger partial charge in [-0.05, 0) is 42.9 Å². The summed E-state index contributed by atoms with van der Waals surface area (Å²) < 4.78 is 12.0. The van der Waals surface area contributed by atoms with Crippen molar-refractivity contribution in [1.82, 2.24) is 10.3 Å². The van der Waals surface area contributed by atoms with E-state index >= 15 is 0 Å². The molecule has 3 aromatic rings. The van der Waals surface area contributed by atoms with E-state index in [-0.39, 0.29) is 5.91 Å². The van der Waals surface area contributed by atoms with Crippen LogP contribution in [0, 0.1) is 0 Å². The Kier molecular flexibility index (Phi) is 6.38. The number of nitrogens with one attached hydrogen (secondary N) is 2. The highest BCUT2D eigenvalue weighted by atomic mass is 35.5. The fraction of sp³-hybridized carbons (Fsp3) is 0.333. The van der Waals surface area contributed by atoms with Gasteiger partial charge in [0.05, 0.1) is 30.7 Å². The van der Waals surface area contributed by atoms with E-state index in [4.69, 9.17) is 21.1 Å². The van der Waals surface area contributed by atoms with Gasteiger partial charge in [0.25, 0.3) is 5.91 Å². The summed E-state index contributed by atoms with van der Waals surface area (Å²) in [6.45, 7) is 3.62. The second-order valence-electron chi connectivity index (χ2n) is 6.87. The highest BCUT2D eigenvalue weighted by Crippen LogP contribution is 2.39. The van der Waals surface area contributed by atoms with Crippen LogP contribution < -0.4 is 20.3 Å². The van der Waals surface area contributed by atoms with Crippen molar-refractivity contribution in [3.8, 4) is 5.75 Å². The molecule has 0 spiro atoms. The van der Waals surface area contributed by atoms with Crippen LogP contribution in [0.25, 0.3) is 10.2 Å². The van der Waals surface area contributed by atoms with E-state index in [1.807, 2.05) is 19.2 Å². The molecule has 0 bridgehead atoms. The fourth-order valence-electron chi connectivity index (χ4n) is 3.45. The van der Waals surface area contributed by atoms with Crippen LogP contribution in [0.4, 0.5) is 10.8 Å². The topological polar surface area (TPSA) is 75.7 Å². The lowest BCUT2D eigenvalue weighted by molar-refractivity contribution is 0.102. The molecule has 1 saturated heterocycles. The number of morpholine rings is 1. The van der Waals surface area contributed by atoms with Crippen molar-refractivity contribution in [3.63, 3.8) is 0 Å². The van der Waals surface area contributed by atoms with E-state index in [9.17, 15) is 4.79 Å². The maximum Gasteiger partial charge on any atom is 0.257 e. The molecule has 2 N–H and O–H groups in total. The molecule has 0 radical (unpaired) electrons. The predicted molar refractivity (Wildman–Crippen MR) is 121 cm³/mol. The molecule has 1 aliphatic rings. The van der Waals surface area contributed by atoms with Crippen molar-refractivity contribution in [2.45, 2.75) is 6.54 Å². The van der Waals surface area contributed by atoms with Crippen LogP contribution in [0.2, 0.25) is 5.02 Å². The molecular formula is C21H23ClN4O3S. The van der Waals surface area contributed by atoms with E-state index in [1.165, 1.54) is 11.3 Å². The molecule has 1 fully saturated rings. The molecule has 0 aliphatic carbocycles. The number of halogens is 1. The van der Waals surface area contributed by atoms with Gasteiger partial charge >= 0.3 is 0 Å². The van der Waals surface area contributed by atoms with Crippen molar-refractivity contribution in [1.29, 1.82) is 0 Å². The quantitative estimate of drug-likeness (QED) is 0.600. The molecular weight excluding hydrogens is 424 g/mol. The Morgan fingerprint density at radius 3 is 2.83 bits per heavy atom. The van der Waals surface area contributed by atoms with Gasteiger partial charge in [-0.15, -0.1) is 0 Å². The molecule has 9 heteroatoms. The monoisotopic (exact) mass is 446 g/mol. The molecule has 0 saturated carbocycles. The van der Waals surface area contributed by atoms with Crippen LogP contribution in [0.15, 0.2) is 30.3 Å². The number of hydrogen-bond donors (Lipinski definition) is 2. The Hall–Kier alpha value is -2.39. The first kappa shape index (κ1) is 20.9. The number of carbonyl (C=O) groups excluding carboxylic acids is 1. The summed E-state index contributed by atoms with van der Waals surface area (Å²) in [6.07, 6.45) is 0. The Morgan fingerprint density at radius 1 is 1.30 bits per heavy atom. The summed E-state index contributed by atoms with van der Waals surface area (Å²) in [5.41, 5.74) is 3.22. The third-order valence-corrected chi connectivity index (χ3v) is 6.32. The number of amides is 1. The lowest BCUT2D eigenvalue weighted by atomic mass is 10.1. The molecule has 0 unspecified atom stereocenters. The molecule has 30 heavy (non-hydrogen) atoms. The first-order valence-corrected chi connectivity index (χ1v) is 10.8. The number of carbonyl (C=O) groups is 1. The SMILES string of the molecule is CNCc1cc(C(=O)Nc2nc3c(OC)ccc(N4CCOCC4)c3s2)ccc1Cl. The lowest BCUT2D eigenvalue weighted by Gasteiger charge is -2.29. The number of nitrogens with zero attached hydrogens (tertiary/aromatic N) is 2. The summed E-state index contributed by atoms with van der Waals surface area (Å²) in [5.74, 6) is 0.455. The van der Waals surface area contributed by atoms with Gasteiger partial charge in [0, 0.05) is 30.2 Å². The lowest BCUT2D eigenvalue weighted by Crippen LogP contribution is -2.36. The van der Waals surface area contributed by atoms with Crippen LogP contribution in [-0.2, 0) is 11.3 Å². The third kappa shape index (κ3) is 4.22. The van der Waals surface area contributed by atoms with Crippen LogP contribution in [-0.4, -0.2) is 51.4 Å². The molecule has 1 aromatic heterocycles. The Morgan fingerprint density at radius 2 is 2.10 bits per heavy atom. The molecule has 2 heterocycles. The fourth-order valence-corrected chi connectivity index (χ4v) is 4.66. The first-order valence-electron chi connectivity index (χ1n) is 9.65. The van der Waals surface area contributed by atoms with Gasteiger partial charge in [0.1, 0.15) is 11.3 Å². The molecule has 4 rings (SSSR count). The van der Waals surface area contributed by atoms with Gasteiger partial charge < -0.3 is 19.7 Å². The van der Waals surface area contributed by atoms with Gasteiger partial charge in [0.15, 0.2) is 5.13 Å². The number of methoxy groups -OCH3 is 1. The molecule has 7 nitrogen and oxygen atoms in total. The summed E-state index contributed by atoms with van der Waals surface area (Å²) in [4.78, 5) is 19.8. The van der Waals surface area contributed by atoms with Crippen LogP contribution >= 0.6 is 22.9 Å². The summed E-state index contributed by atoms with van der Waals surface area (Å²) in [6, 6.07) is 9.20. The molecule has 1 amide bonds. The van der Waals surface area contributed by atoms with Gasteiger partial charge in [-0.3, -0.25) is 10.1 Å². The van der Waals surface area contributed by atoms with Crippen molar-refractivity contribution >= 4 is 49.9 Å². The normalized spacial score (nSPS) is 14.2. The van der Waals surface area contributed by atoms with E-state index in [0.717, 1.165) is 34.6 Å². The highest BCUT2D eigenvalue weighted by Gasteiger charge is 2.20. The number of anilines is 2. The highest BCUT2D eigenvalue weighted by molar-refractivity contribution is 7.23. The first-order chi connectivity index (χ1) is 14.6. The van der Waals surface area contributed by atoms with Gasteiger partial charge in [0.2, 0.25) is 0 Å². The largest absolute Gasteiger partial charge is 0.494 e. The number of benzene rings is 2. The summed E-state index contributed by atoms with van der Waals surface area (Å²) in [7, 11) is 3.46. The number of aromatic nitrogens is 1. The second kappa shape index (κ2) is 9.18.